The number of aromatic nitrogens is 2. The van der Waals surface area contributed by atoms with Crippen molar-refractivity contribution in [1.29, 1.82) is 0 Å². The minimum Gasteiger partial charge on any atom is -0.368 e. The van der Waals surface area contributed by atoms with Gasteiger partial charge in [0.2, 0.25) is 0 Å². The monoisotopic (exact) mass is 378 g/mol. The van der Waals surface area contributed by atoms with Gasteiger partial charge < -0.3 is 9.80 Å². The topological polar surface area (TPSA) is 32.3 Å². The minimum atomic E-state index is 0.766. The molecule has 0 N–H and O–H groups in total. The molecule has 2 aliphatic rings. The van der Waals surface area contributed by atoms with E-state index < -0.39 is 0 Å². The summed E-state index contributed by atoms with van der Waals surface area (Å²) in [4.78, 5) is 17.0. The molecule has 1 aromatic carbocycles. The van der Waals surface area contributed by atoms with Crippen LogP contribution in [0.15, 0.2) is 30.6 Å². The van der Waals surface area contributed by atoms with Crippen LogP contribution in [0.25, 0.3) is 10.2 Å². The predicted molar refractivity (Wildman–Crippen MR) is 114 cm³/mol. The summed E-state index contributed by atoms with van der Waals surface area (Å²) in [5.41, 5.74) is 4.18. The Balaban J connectivity index is 1.42. The molecule has 2 aromatic heterocycles. The van der Waals surface area contributed by atoms with E-state index in [1.54, 1.807) is 11.2 Å². The number of hydrogen-bond donors (Lipinski definition) is 0. The van der Waals surface area contributed by atoms with Crippen molar-refractivity contribution in [1.82, 2.24) is 9.97 Å². The number of nitrogens with zero attached hydrogens (tertiary/aromatic N) is 4. The molecule has 0 radical (unpaired) electrons. The Morgan fingerprint density at radius 1 is 1.00 bits per heavy atom. The van der Waals surface area contributed by atoms with Gasteiger partial charge in [-0.3, -0.25) is 0 Å². The normalized spacial score (nSPS) is 20.1. The lowest BCUT2D eigenvalue weighted by Crippen LogP contribution is -2.47. The third-order valence-corrected chi connectivity index (χ3v) is 7.25. The van der Waals surface area contributed by atoms with Crippen molar-refractivity contribution in [2.75, 3.05) is 36.0 Å². The summed E-state index contributed by atoms with van der Waals surface area (Å²) >= 11 is 1.89. The van der Waals surface area contributed by atoms with E-state index in [4.69, 9.17) is 4.98 Å². The standard InChI is InChI=1S/C22H26N4S/c1-15-3-6-17(7-4-15)25-9-11-26(12-10-25)21-20-18-13-16(2)5-8-19(18)27-22(20)24-14-23-21/h3-4,6-7,14,16H,5,8-13H2,1-2H3. The highest BCUT2D eigenvalue weighted by atomic mass is 32.1. The van der Waals surface area contributed by atoms with Gasteiger partial charge in [-0.2, -0.15) is 0 Å². The molecule has 0 amide bonds. The Labute approximate surface area is 164 Å². The van der Waals surface area contributed by atoms with E-state index in [-0.39, 0.29) is 0 Å². The maximum atomic E-state index is 4.75. The Kier molecular flexibility index (Phi) is 4.27. The molecule has 1 atom stereocenters. The molecule has 5 rings (SSSR count). The lowest BCUT2D eigenvalue weighted by atomic mass is 9.88. The molecule has 1 aliphatic carbocycles. The Morgan fingerprint density at radius 3 is 2.52 bits per heavy atom. The zero-order chi connectivity index (χ0) is 18.4. The summed E-state index contributed by atoms with van der Waals surface area (Å²) in [5, 5.41) is 1.34. The zero-order valence-corrected chi connectivity index (χ0v) is 16.9. The fraction of sp³-hybridized carbons (Fsp3) is 0.455. The van der Waals surface area contributed by atoms with E-state index in [9.17, 15) is 0 Å². The van der Waals surface area contributed by atoms with E-state index in [1.165, 1.54) is 46.3 Å². The lowest BCUT2D eigenvalue weighted by Gasteiger charge is -2.37. The summed E-state index contributed by atoms with van der Waals surface area (Å²) in [5.74, 6) is 1.93. The average molecular weight is 379 g/mol. The number of thiophene rings is 1. The van der Waals surface area contributed by atoms with Gasteiger partial charge >= 0.3 is 0 Å². The van der Waals surface area contributed by atoms with Crippen LogP contribution in [0.2, 0.25) is 0 Å². The summed E-state index contributed by atoms with van der Waals surface area (Å²) in [6.07, 6.45) is 5.45. The van der Waals surface area contributed by atoms with Crippen molar-refractivity contribution in [3.63, 3.8) is 0 Å². The van der Waals surface area contributed by atoms with Gasteiger partial charge in [-0.1, -0.05) is 24.6 Å². The third kappa shape index (κ3) is 3.08. The molecule has 1 fully saturated rings. The Bertz CT molecular complexity index is 954. The van der Waals surface area contributed by atoms with Gasteiger partial charge in [0.15, 0.2) is 0 Å². The highest BCUT2D eigenvalue weighted by molar-refractivity contribution is 7.19. The molecule has 4 nitrogen and oxygen atoms in total. The van der Waals surface area contributed by atoms with Crippen LogP contribution in [0.4, 0.5) is 11.5 Å². The van der Waals surface area contributed by atoms with Crippen molar-refractivity contribution in [2.45, 2.75) is 33.1 Å². The molecule has 0 spiro atoms. The SMILES string of the molecule is Cc1ccc(N2CCN(c3ncnc4sc5c(c34)CC(C)CC5)CC2)cc1. The average Bonchev–Trinajstić information content (AvgIpc) is 3.07. The van der Waals surface area contributed by atoms with Crippen LogP contribution in [0.3, 0.4) is 0 Å². The fourth-order valence-corrected chi connectivity index (χ4v) is 5.62. The van der Waals surface area contributed by atoms with Gasteiger partial charge in [0.25, 0.3) is 0 Å². The smallest absolute Gasteiger partial charge is 0.141 e. The van der Waals surface area contributed by atoms with Gasteiger partial charge in [0.1, 0.15) is 17.0 Å². The molecule has 3 aromatic rings. The fourth-order valence-electron chi connectivity index (χ4n) is 4.44. The largest absolute Gasteiger partial charge is 0.368 e. The van der Waals surface area contributed by atoms with Crippen molar-refractivity contribution in [2.24, 2.45) is 5.92 Å². The zero-order valence-electron chi connectivity index (χ0n) is 16.1. The van der Waals surface area contributed by atoms with Crippen molar-refractivity contribution < 1.29 is 0 Å². The maximum Gasteiger partial charge on any atom is 0.141 e. The summed E-state index contributed by atoms with van der Waals surface area (Å²) in [6, 6.07) is 8.89. The molecule has 3 heterocycles. The van der Waals surface area contributed by atoms with Crippen LogP contribution in [0.5, 0.6) is 0 Å². The van der Waals surface area contributed by atoms with Gasteiger partial charge in [-0.05, 0) is 49.8 Å². The highest BCUT2D eigenvalue weighted by Crippen LogP contribution is 2.40. The molecule has 1 aliphatic heterocycles. The number of piperazine rings is 1. The summed E-state index contributed by atoms with van der Waals surface area (Å²) in [7, 11) is 0. The maximum absolute atomic E-state index is 4.75. The van der Waals surface area contributed by atoms with Gasteiger partial charge in [0.05, 0.1) is 5.39 Å². The lowest BCUT2D eigenvalue weighted by molar-refractivity contribution is 0.508. The van der Waals surface area contributed by atoms with Crippen LogP contribution in [-0.2, 0) is 12.8 Å². The number of hydrogen-bond acceptors (Lipinski definition) is 5. The number of aryl methyl sites for hydroxylation is 2. The Morgan fingerprint density at radius 2 is 1.74 bits per heavy atom. The van der Waals surface area contributed by atoms with Gasteiger partial charge in [0, 0.05) is 36.7 Å². The van der Waals surface area contributed by atoms with E-state index >= 15 is 0 Å². The van der Waals surface area contributed by atoms with Gasteiger partial charge in [-0.25, -0.2) is 9.97 Å². The van der Waals surface area contributed by atoms with E-state index in [0.717, 1.165) is 37.9 Å². The molecule has 1 unspecified atom stereocenters. The summed E-state index contributed by atoms with van der Waals surface area (Å²) in [6.45, 7) is 8.62. The van der Waals surface area contributed by atoms with Crippen molar-refractivity contribution in [3.05, 3.63) is 46.6 Å². The molecule has 5 heteroatoms. The van der Waals surface area contributed by atoms with Gasteiger partial charge in [-0.15, -0.1) is 11.3 Å². The molecule has 140 valence electrons. The van der Waals surface area contributed by atoms with Crippen LogP contribution in [0, 0.1) is 12.8 Å². The number of rotatable bonds is 2. The van der Waals surface area contributed by atoms with Crippen molar-refractivity contribution >= 4 is 33.1 Å². The molecule has 0 saturated carbocycles. The predicted octanol–water partition coefficient (Wildman–Crippen LogP) is 4.45. The highest BCUT2D eigenvalue weighted by Gasteiger charge is 2.26. The van der Waals surface area contributed by atoms with E-state index in [0.29, 0.717) is 0 Å². The first-order chi connectivity index (χ1) is 13.2. The number of fused-ring (bicyclic) bond motifs is 3. The molecular formula is C22H26N4S. The van der Waals surface area contributed by atoms with E-state index in [2.05, 4.69) is 52.9 Å². The molecule has 1 saturated heterocycles. The second-order valence-corrected chi connectivity index (χ2v) is 9.12. The number of anilines is 2. The summed E-state index contributed by atoms with van der Waals surface area (Å²) < 4.78 is 0. The Hall–Kier alpha value is -2.14. The molecule has 0 bridgehead atoms. The van der Waals surface area contributed by atoms with E-state index in [1.807, 2.05) is 11.3 Å². The molecular weight excluding hydrogens is 352 g/mol. The minimum absolute atomic E-state index is 0.766. The van der Waals surface area contributed by atoms with Crippen LogP contribution < -0.4 is 9.80 Å². The first-order valence-electron chi connectivity index (χ1n) is 10.0. The quantitative estimate of drug-likeness (QED) is 0.659. The second-order valence-electron chi connectivity index (χ2n) is 8.04. The molecule has 27 heavy (non-hydrogen) atoms. The number of benzene rings is 1. The van der Waals surface area contributed by atoms with Crippen LogP contribution in [0.1, 0.15) is 29.3 Å². The van der Waals surface area contributed by atoms with Crippen LogP contribution in [-0.4, -0.2) is 36.1 Å². The van der Waals surface area contributed by atoms with Crippen LogP contribution >= 0.6 is 11.3 Å². The first kappa shape index (κ1) is 17.0. The van der Waals surface area contributed by atoms with Crippen molar-refractivity contribution in [3.8, 4) is 0 Å². The first-order valence-corrected chi connectivity index (χ1v) is 10.8. The third-order valence-electron chi connectivity index (χ3n) is 6.05. The second kappa shape index (κ2) is 6.79.